The lowest BCUT2D eigenvalue weighted by Crippen LogP contribution is -2.11. The number of hydrogen-bond acceptors (Lipinski definition) is 5. The quantitative estimate of drug-likeness (QED) is 0.244. The number of amides is 1. The zero-order valence-electron chi connectivity index (χ0n) is 21.2. The monoisotopic (exact) mass is 519 g/mol. The number of aromatic nitrogens is 2. The Morgan fingerprint density at radius 2 is 1.62 bits per heavy atom. The van der Waals surface area contributed by atoms with Crippen molar-refractivity contribution in [3.63, 3.8) is 0 Å². The van der Waals surface area contributed by atoms with Crippen molar-refractivity contribution in [3.8, 4) is 17.2 Å². The van der Waals surface area contributed by atoms with E-state index < -0.39 is 0 Å². The van der Waals surface area contributed by atoms with Crippen molar-refractivity contribution in [2.75, 3.05) is 18.5 Å². The molecule has 37 heavy (non-hydrogen) atoms. The second-order valence-corrected chi connectivity index (χ2v) is 8.85. The Kier molecular flexibility index (Phi) is 8.69. The summed E-state index contributed by atoms with van der Waals surface area (Å²) in [6.07, 6.45) is 3.42. The van der Waals surface area contributed by atoms with Crippen LogP contribution in [-0.2, 0) is 13.2 Å². The normalized spacial score (nSPS) is 10.7. The van der Waals surface area contributed by atoms with E-state index >= 15 is 0 Å². The van der Waals surface area contributed by atoms with Gasteiger partial charge in [0, 0.05) is 11.8 Å². The average Bonchev–Trinajstić information content (AvgIpc) is 3.33. The van der Waals surface area contributed by atoms with Gasteiger partial charge in [-0.2, -0.15) is 5.10 Å². The van der Waals surface area contributed by atoms with Crippen LogP contribution in [0.1, 0.15) is 40.9 Å². The van der Waals surface area contributed by atoms with E-state index in [1.807, 2.05) is 69.3 Å². The second kappa shape index (κ2) is 12.3. The van der Waals surface area contributed by atoms with Crippen LogP contribution in [0, 0.1) is 6.92 Å². The maximum atomic E-state index is 12.7. The van der Waals surface area contributed by atoms with E-state index in [2.05, 4.69) is 10.4 Å². The molecule has 4 rings (SSSR count). The van der Waals surface area contributed by atoms with E-state index in [0.29, 0.717) is 54.1 Å². The number of anilines is 1. The number of nitrogens with one attached hydrogen (secondary N) is 1. The number of carbonyl (C=O) groups excluding carboxylic acids is 1. The van der Waals surface area contributed by atoms with Crippen molar-refractivity contribution >= 4 is 23.2 Å². The first kappa shape index (κ1) is 26.1. The van der Waals surface area contributed by atoms with Gasteiger partial charge in [-0.25, -0.2) is 0 Å². The van der Waals surface area contributed by atoms with Crippen LogP contribution in [-0.4, -0.2) is 28.9 Å². The third-order valence-corrected chi connectivity index (χ3v) is 5.85. The number of nitrogens with zero attached hydrogens (tertiary/aromatic N) is 2. The molecular weight excluding hydrogens is 490 g/mol. The van der Waals surface area contributed by atoms with Gasteiger partial charge in [0.2, 0.25) is 0 Å². The van der Waals surface area contributed by atoms with Crippen molar-refractivity contribution < 1.29 is 19.0 Å². The van der Waals surface area contributed by atoms with Crippen LogP contribution in [0.4, 0.5) is 5.69 Å². The van der Waals surface area contributed by atoms with Gasteiger partial charge in [0.1, 0.15) is 12.4 Å². The molecule has 4 aromatic rings. The molecule has 192 valence electrons. The maximum absolute atomic E-state index is 12.7. The molecule has 0 atom stereocenters. The van der Waals surface area contributed by atoms with Gasteiger partial charge in [-0.1, -0.05) is 35.9 Å². The lowest BCUT2D eigenvalue weighted by molar-refractivity contribution is 0.102. The van der Waals surface area contributed by atoms with E-state index in [0.717, 1.165) is 22.4 Å². The molecule has 1 aromatic heterocycles. The zero-order chi connectivity index (χ0) is 26.2. The molecule has 0 radical (unpaired) electrons. The number of hydrogen-bond donors (Lipinski definition) is 1. The van der Waals surface area contributed by atoms with Crippen LogP contribution in [0.25, 0.3) is 0 Å². The van der Waals surface area contributed by atoms with Crippen molar-refractivity contribution in [1.29, 1.82) is 0 Å². The Labute approximate surface area is 221 Å². The molecule has 7 nitrogen and oxygen atoms in total. The molecule has 0 unspecified atom stereocenters. The molecule has 0 aliphatic rings. The minimum atomic E-state index is -0.214. The van der Waals surface area contributed by atoms with Gasteiger partial charge in [0.15, 0.2) is 11.5 Å². The number of benzene rings is 3. The number of rotatable bonds is 11. The van der Waals surface area contributed by atoms with Crippen molar-refractivity contribution in [2.24, 2.45) is 0 Å². The summed E-state index contributed by atoms with van der Waals surface area (Å²) < 4.78 is 18.9. The van der Waals surface area contributed by atoms with Gasteiger partial charge in [0.25, 0.3) is 5.91 Å². The molecule has 0 bridgehead atoms. The lowest BCUT2D eigenvalue weighted by atomic mass is 10.1. The molecule has 1 N–H and O–H groups in total. The summed E-state index contributed by atoms with van der Waals surface area (Å²) in [7, 11) is 0. The van der Waals surface area contributed by atoms with Crippen LogP contribution in [0.5, 0.6) is 17.2 Å². The molecular formula is C29H30ClN3O4. The summed E-state index contributed by atoms with van der Waals surface area (Å²) in [4.78, 5) is 12.7. The largest absolute Gasteiger partial charge is 0.490 e. The number of carbonyl (C=O) groups is 1. The number of ether oxygens (including phenoxy) is 3. The highest BCUT2D eigenvalue weighted by atomic mass is 35.5. The fourth-order valence-electron chi connectivity index (χ4n) is 3.73. The number of aryl methyl sites for hydroxylation is 1. The van der Waals surface area contributed by atoms with Crippen LogP contribution in [0.3, 0.4) is 0 Å². The first-order valence-corrected chi connectivity index (χ1v) is 12.5. The van der Waals surface area contributed by atoms with E-state index in [-0.39, 0.29) is 5.91 Å². The van der Waals surface area contributed by atoms with Gasteiger partial charge in [0.05, 0.1) is 36.7 Å². The van der Waals surface area contributed by atoms with E-state index in [4.69, 9.17) is 25.8 Å². The summed E-state index contributed by atoms with van der Waals surface area (Å²) in [5.74, 6) is 1.85. The number of halogens is 1. The Bertz CT molecular complexity index is 1350. The van der Waals surface area contributed by atoms with Gasteiger partial charge < -0.3 is 19.5 Å². The molecule has 1 heterocycles. The minimum absolute atomic E-state index is 0.214. The first-order chi connectivity index (χ1) is 17.9. The van der Waals surface area contributed by atoms with Crippen molar-refractivity contribution in [1.82, 2.24) is 9.78 Å². The topological polar surface area (TPSA) is 74.6 Å². The molecule has 0 fully saturated rings. The van der Waals surface area contributed by atoms with Gasteiger partial charge in [-0.3, -0.25) is 9.48 Å². The highest BCUT2D eigenvalue weighted by Gasteiger charge is 2.10. The average molecular weight is 520 g/mol. The van der Waals surface area contributed by atoms with E-state index in [9.17, 15) is 4.79 Å². The van der Waals surface area contributed by atoms with Gasteiger partial charge >= 0.3 is 0 Å². The predicted molar refractivity (Wildman–Crippen MR) is 145 cm³/mol. The maximum Gasteiger partial charge on any atom is 0.255 e. The van der Waals surface area contributed by atoms with Crippen LogP contribution in [0.15, 0.2) is 73.1 Å². The van der Waals surface area contributed by atoms with Crippen LogP contribution >= 0.6 is 11.6 Å². The molecule has 0 aliphatic carbocycles. The third kappa shape index (κ3) is 7.05. The summed E-state index contributed by atoms with van der Waals surface area (Å²) in [5, 5.41) is 7.84. The standard InChI is InChI=1S/C29H30ClN3O4/c1-4-35-26-13-9-22(15-28(26)36-5-2)17-33-18-24(16-31-33)32-29(34)23-10-7-21(8-11-23)19-37-27-14-20(3)6-12-25(27)30/h6-16,18H,4-5,17,19H2,1-3H3,(H,32,34). The molecule has 0 saturated carbocycles. The van der Waals surface area contributed by atoms with Crippen LogP contribution in [0.2, 0.25) is 5.02 Å². The fourth-order valence-corrected chi connectivity index (χ4v) is 3.91. The Morgan fingerprint density at radius 3 is 2.38 bits per heavy atom. The van der Waals surface area contributed by atoms with E-state index in [1.165, 1.54) is 0 Å². The van der Waals surface area contributed by atoms with E-state index in [1.54, 1.807) is 29.2 Å². The SMILES string of the molecule is CCOc1ccc(Cn2cc(NC(=O)c3ccc(COc4cc(C)ccc4Cl)cc3)cn2)cc1OCC. The smallest absolute Gasteiger partial charge is 0.255 e. The summed E-state index contributed by atoms with van der Waals surface area (Å²) in [5.41, 5.74) is 4.17. The second-order valence-electron chi connectivity index (χ2n) is 8.45. The fraction of sp³-hybridized carbons (Fsp3) is 0.241. The molecule has 3 aromatic carbocycles. The highest BCUT2D eigenvalue weighted by molar-refractivity contribution is 6.32. The van der Waals surface area contributed by atoms with Crippen molar-refractivity contribution in [3.05, 3.63) is 100 Å². The summed E-state index contributed by atoms with van der Waals surface area (Å²) in [6, 6.07) is 18.8. The zero-order valence-corrected chi connectivity index (χ0v) is 21.9. The van der Waals surface area contributed by atoms with Crippen molar-refractivity contribution in [2.45, 2.75) is 33.9 Å². The highest BCUT2D eigenvalue weighted by Crippen LogP contribution is 2.29. The first-order valence-electron chi connectivity index (χ1n) is 12.2. The Morgan fingerprint density at radius 1 is 0.892 bits per heavy atom. The summed E-state index contributed by atoms with van der Waals surface area (Å²) >= 11 is 6.20. The summed E-state index contributed by atoms with van der Waals surface area (Å²) in [6.45, 7) is 7.87. The van der Waals surface area contributed by atoms with Gasteiger partial charge in [-0.15, -0.1) is 0 Å². The molecule has 0 aliphatic heterocycles. The lowest BCUT2D eigenvalue weighted by Gasteiger charge is -2.12. The third-order valence-electron chi connectivity index (χ3n) is 5.54. The molecule has 1 amide bonds. The Balaban J connectivity index is 1.34. The predicted octanol–water partition coefficient (Wildman–Crippen LogP) is 6.52. The Hall–Kier alpha value is -3.97. The minimum Gasteiger partial charge on any atom is -0.490 e. The molecule has 0 saturated heterocycles. The molecule has 8 heteroatoms. The molecule has 0 spiro atoms. The van der Waals surface area contributed by atoms with Gasteiger partial charge in [-0.05, 0) is 73.9 Å². The van der Waals surface area contributed by atoms with Crippen LogP contribution < -0.4 is 19.5 Å².